The van der Waals surface area contributed by atoms with Crippen LogP contribution in [0.5, 0.6) is 0 Å². The van der Waals surface area contributed by atoms with Crippen molar-refractivity contribution in [1.29, 1.82) is 0 Å². The molecule has 1 aliphatic rings. The molecule has 1 saturated heterocycles. The van der Waals surface area contributed by atoms with Gasteiger partial charge in [0, 0.05) is 13.1 Å². The van der Waals surface area contributed by atoms with Crippen LogP contribution < -0.4 is 0 Å². The molecule has 0 saturated carbocycles. The number of para-hydroxylation sites is 1. The van der Waals surface area contributed by atoms with E-state index in [9.17, 15) is 4.79 Å². The number of nitrogens with zero attached hydrogens (tertiary/aromatic N) is 4. The Balaban J connectivity index is 1.75. The first-order chi connectivity index (χ1) is 10.2. The van der Waals surface area contributed by atoms with E-state index in [2.05, 4.69) is 17.1 Å². The Morgan fingerprint density at radius 2 is 2.00 bits per heavy atom. The maximum absolute atomic E-state index is 12.5. The van der Waals surface area contributed by atoms with Crippen molar-refractivity contribution in [3.05, 3.63) is 42.2 Å². The summed E-state index contributed by atoms with van der Waals surface area (Å²) in [6.07, 6.45) is 4.89. The molecule has 2 aromatic rings. The van der Waals surface area contributed by atoms with Gasteiger partial charge in [0.05, 0.1) is 11.9 Å². The molecule has 110 valence electrons. The van der Waals surface area contributed by atoms with Crippen LogP contribution in [0.3, 0.4) is 0 Å². The summed E-state index contributed by atoms with van der Waals surface area (Å²) >= 11 is 0. The molecule has 1 aliphatic heterocycles. The number of amides is 1. The Morgan fingerprint density at radius 3 is 2.81 bits per heavy atom. The smallest absolute Gasteiger partial charge is 0.276 e. The Hall–Kier alpha value is -2.17. The van der Waals surface area contributed by atoms with Gasteiger partial charge < -0.3 is 4.90 Å². The van der Waals surface area contributed by atoms with Gasteiger partial charge in [0.15, 0.2) is 5.69 Å². The van der Waals surface area contributed by atoms with Gasteiger partial charge in [0.25, 0.3) is 5.91 Å². The monoisotopic (exact) mass is 284 g/mol. The lowest BCUT2D eigenvalue weighted by molar-refractivity contribution is 0.0754. The normalized spacial score (nSPS) is 19.3. The van der Waals surface area contributed by atoms with E-state index in [1.807, 2.05) is 35.2 Å². The summed E-state index contributed by atoms with van der Waals surface area (Å²) in [6, 6.07) is 9.63. The molecule has 21 heavy (non-hydrogen) atoms. The van der Waals surface area contributed by atoms with Crippen molar-refractivity contribution in [2.24, 2.45) is 5.92 Å². The standard InChI is InChI=1S/C16H20N4O/c1-13-6-5-10-19(11-9-13)16(21)15-12-17-20(18-15)14-7-3-2-4-8-14/h2-4,7-8,12-13H,5-6,9-11H2,1H3/t13-/m1/s1. The Morgan fingerprint density at radius 1 is 1.19 bits per heavy atom. The lowest BCUT2D eigenvalue weighted by atomic mass is 10.0. The van der Waals surface area contributed by atoms with E-state index in [1.165, 1.54) is 11.2 Å². The second-order valence-corrected chi connectivity index (χ2v) is 5.68. The molecule has 0 spiro atoms. The number of likely N-dealkylation sites (tertiary alicyclic amines) is 1. The lowest BCUT2D eigenvalue weighted by Gasteiger charge is -2.18. The zero-order valence-corrected chi connectivity index (χ0v) is 12.3. The van der Waals surface area contributed by atoms with Crippen molar-refractivity contribution in [3.8, 4) is 5.69 Å². The molecule has 1 aromatic carbocycles. The van der Waals surface area contributed by atoms with E-state index >= 15 is 0 Å². The van der Waals surface area contributed by atoms with Crippen molar-refractivity contribution in [2.45, 2.75) is 26.2 Å². The summed E-state index contributed by atoms with van der Waals surface area (Å²) in [7, 11) is 0. The minimum Gasteiger partial charge on any atom is -0.337 e. The summed E-state index contributed by atoms with van der Waals surface area (Å²) in [4.78, 5) is 15.9. The number of aromatic nitrogens is 3. The average Bonchev–Trinajstić information content (AvgIpc) is 2.91. The van der Waals surface area contributed by atoms with Gasteiger partial charge >= 0.3 is 0 Å². The second-order valence-electron chi connectivity index (χ2n) is 5.68. The van der Waals surface area contributed by atoms with E-state index in [0.29, 0.717) is 11.6 Å². The van der Waals surface area contributed by atoms with Crippen LogP contribution >= 0.6 is 0 Å². The molecule has 1 aromatic heterocycles. The summed E-state index contributed by atoms with van der Waals surface area (Å²) in [5, 5.41) is 8.52. The number of hydrogen-bond donors (Lipinski definition) is 0. The molecule has 5 nitrogen and oxygen atoms in total. The van der Waals surface area contributed by atoms with E-state index in [0.717, 1.165) is 31.6 Å². The molecular formula is C16H20N4O. The molecule has 1 amide bonds. The van der Waals surface area contributed by atoms with Crippen molar-refractivity contribution < 1.29 is 4.79 Å². The molecular weight excluding hydrogens is 264 g/mol. The zero-order chi connectivity index (χ0) is 14.7. The highest BCUT2D eigenvalue weighted by Gasteiger charge is 2.22. The van der Waals surface area contributed by atoms with Gasteiger partial charge in [-0.15, -0.1) is 5.10 Å². The third-order valence-electron chi connectivity index (χ3n) is 4.00. The molecule has 5 heteroatoms. The van der Waals surface area contributed by atoms with Crippen LogP contribution in [-0.4, -0.2) is 38.9 Å². The zero-order valence-electron chi connectivity index (χ0n) is 12.3. The highest BCUT2D eigenvalue weighted by molar-refractivity contribution is 5.91. The van der Waals surface area contributed by atoms with Crippen LogP contribution in [0.2, 0.25) is 0 Å². The van der Waals surface area contributed by atoms with Crippen LogP contribution in [0.1, 0.15) is 36.7 Å². The maximum Gasteiger partial charge on any atom is 0.276 e. The predicted molar refractivity (Wildman–Crippen MR) is 80.3 cm³/mol. The number of hydrogen-bond acceptors (Lipinski definition) is 3. The Labute approximate surface area is 124 Å². The summed E-state index contributed by atoms with van der Waals surface area (Å²) in [5.41, 5.74) is 1.29. The third-order valence-corrected chi connectivity index (χ3v) is 4.00. The minimum absolute atomic E-state index is 0.00807. The van der Waals surface area contributed by atoms with E-state index in [1.54, 1.807) is 6.20 Å². The summed E-state index contributed by atoms with van der Waals surface area (Å²) in [6.45, 7) is 3.89. The third kappa shape index (κ3) is 3.12. The van der Waals surface area contributed by atoms with Crippen molar-refractivity contribution in [1.82, 2.24) is 19.9 Å². The van der Waals surface area contributed by atoms with Crippen LogP contribution in [0.15, 0.2) is 36.5 Å². The largest absolute Gasteiger partial charge is 0.337 e. The lowest BCUT2D eigenvalue weighted by Crippen LogP contribution is -2.32. The van der Waals surface area contributed by atoms with Gasteiger partial charge in [-0.3, -0.25) is 4.79 Å². The van der Waals surface area contributed by atoms with Crippen LogP contribution in [0.25, 0.3) is 5.69 Å². The molecule has 0 aliphatic carbocycles. The number of rotatable bonds is 2. The van der Waals surface area contributed by atoms with Gasteiger partial charge in [-0.25, -0.2) is 0 Å². The van der Waals surface area contributed by atoms with Gasteiger partial charge in [-0.2, -0.15) is 9.90 Å². The quantitative estimate of drug-likeness (QED) is 0.851. The van der Waals surface area contributed by atoms with Crippen molar-refractivity contribution in [3.63, 3.8) is 0 Å². The second kappa shape index (κ2) is 6.08. The number of benzene rings is 1. The first-order valence-corrected chi connectivity index (χ1v) is 7.51. The Bertz CT molecular complexity index is 608. The van der Waals surface area contributed by atoms with Crippen molar-refractivity contribution in [2.75, 3.05) is 13.1 Å². The highest BCUT2D eigenvalue weighted by atomic mass is 16.2. The molecule has 1 atom stereocenters. The first-order valence-electron chi connectivity index (χ1n) is 7.51. The minimum atomic E-state index is -0.00807. The Kier molecular flexibility index (Phi) is 3.99. The van der Waals surface area contributed by atoms with Gasteiger partial charge in [-0.1, -0.05) is 25.1 Å². The molecule has 0 unspecified atom stereocenters. The predicted octanol–water partition coefficient (Wildman–Crippen LogP) is 2.53. The summed E-state index contributed by atoms with van der Waals surface area (Å²) < 4.78 is 0. The van der Waals surface area contributed by atoms with Crippen LogP contribution in [0, 0.1) is 5.92 Å². The molecule has 0 radical (unpaired) electrons. The fraction of sp³-hybridized carbons (Fsp3) is 0.438. The fourth-order valence-corrected chi connectivity index (χ4v) is 2.67. The number of carbonyl (C=O) groups is 1. The topological polar surface area (TPSA) is 51.0 Å². The van der Waals surface area contributed by atoms with E-state index in [-0.39, 0.29) is 5.91 Å². The maximum atomic E-state index is 12.5. The molecule has 0 N–H and O–H groups in total. The molecule has 3 rings (SSSR count). The molecule has 1 fully saturated rings. The van der Waals surface area contributed by atoms with Crippen LogP contribution in [-0.2, 0) is 0 Å². The van der Waals surface area contributed by atoms with Crippen molar-refractivity contribution >= 4 is 5.91 Å². The summed E-state index contributed by atoms with van der Waals surface area (Å²) in [5.74, 6) is 0.689. The van der Waals surface area contributed by atoms with E-state index in [4.69, 9.17) is 0 Å². The first kappa shape index (κ1) is 13.8. The SMILES string of the molecule is C[C@@H]1CCCN(C(=O)c2cnn(-c3ccccc3)n2)CC1. The molecule has 0 bridgehead atoms. The van der Waals surface area contributed by atoms with Gasteiger partial charge in [0.2, 0.25) is 0 Å². The fourth-order valence-electron chi connectivity index (χ4n) is 2.67. The van der Waals surface area contributed by atoms with Crippen LogP contribution in [0.4, 0.5) is 0 Å². The highest BCUT2D eigenvalue weighted by Crippen LogP contribution is 2.17. The molecule has 2 heterocycles. The average molecular weight is 284 g/mol. The van der Waals surface area contributed by atoms with Gasteiger partial charge in [0.1, 0.15) is 0 Å². The van der Waals surface area contributed by atoms with E-state index < -0.39 is 0 Å². The van der Waals surface area contributed by atoms with Gasteiger partial charge in [-0.05, 0) is 37.3 Å². The number of carbonyl (C=O) groups excluding carboxylic acids is 1.